The van der Waals surface area contributed by atoms with Crippen molar-refractivity contribution in [2.45, 2.75) is 86.0 Å². The number of aryl methyl sites for hydroxylation is 1. The summed E-state index contributed by atoms with van der Waals surface area (Å²) in [6, 6.07) is 12.6. The van der Waals surface area contributed by atoms with E-state index in [1.54, 1.807) is 12.1 Å². The van der Waals surface area contributed by atoms with Crippen LogP contribution >= 0.6 is 0 Å². The fourth-order valence-corrected chi connectivity index (χ4v) is 5.24. The van der Waals surface area contributed by atoms with Crippen molar-refractivity contribution >= 4 is 39.8 Å². The van der Waals surface area contributed by atoms with Gasteiger partial charge in [-0.25, -0.2) is 0 Å². The Bertz CT molecular complexity index is 1640. The molecule has 3 aromatic rings. The number of nitro benzene ring substituents is 2. The first-order chi connectivity index (χ1) is 24.0. The van der Waals surface area contributed by atoms with Gasteiger partial charge in [-0.1, -0.05) is 66.2 Å². The van der Waals surface area contributed by atoms with Gasteiger partial charge >= 0.3 is 5.69 Å². The number of non-ortho nitro benzene ring substituents is 1. The number of rotatable bonds is 21. The zero-order valence-electron chi connectivity index (χ0n) is 30.4. The molecule has 0 heterocycles. The molecule has 0 aliphatic heterocycles. The monoisotopic (exact) mass is 689 g/mol. The van der Waals surface area contributed by atoms with Crippen LogP contribution in [0, 0.1) is 39.0 Å². The Hall–Kier alpha value is -4.94. The Morgan fingerprint density at radius 1 is 0.680 bits per heavy atom. The molecule has 3 rings (SSSR count). The smallest absolute Gasteiger partial charge is 0.303 e. The Morgan fingerprint density at radius 3 is 1.62 bits per heavy atom. The standard InChI is InChI=1S/C37H51N7O6/c1-8-12-14-27(10-3)24-49-36-23-34(41-39-32-19-17-30(43(45)46)21-35(32)44(47)48)37(50-25-28(11-4)15-13-9-2)22-33(36)40-38-31-18-16-29(42(6)7)20-26(31)5/h16-23,27-28H,8-15,24-25H2,1-7H3. The predicted molar refractivity (Wildman–Crippen MR) is 198 cm³/mol. The molecule has 0 N–H and O–H groups in total. The molecule has 0 aromatic heterocycles. The van der Waals surface area contributed by atoms with Crippen molar-refractivity contribution in [2.75, 3.05) is 32.2 Å². The summed E-state index contributed by atoms with van der Waals surface area (Å²) in [7, 11) is 3.96. The lowest BCUT2D eigenvalue weighted by atomic mass is 10.0. The van der Waals surface area contributed by atoms with Crippen molar-refractivity contribution in [2.24, 2.45) is 32.3 Å². The van der Waals surface area contributed by atoms with E-state index in [0.717, 1.165) is 74.8 Å². The first-order valence-electron chi connectivity index (χ1n) is 17.5. The van der Waals surface area contributed by atoms with Crippen LogP contribution in [-0.4, -0.2) is 37.2 Å². The molecule has 2 unspecified atom stereocenters. The van der Waals surface area contributed by atoms with Gasteiger partial charge in [0.05, 0.1) is 34.8 Å². The average molecular weight is 690 g/mol. The Kier molecular flexibility index (Phi) is 15.7. The van der Waals surface area contributed by atoms with Gasteiger partial charge in [-0.3, -0.25) is 20.2 Å². The maximum Gasteiger partial charge on any atom is 0.303 e. The number of azo groups is 2. The zero-order valence-corrected chi connectivity index (χ0v) is 30.4. The lowest BCUT2D eigenvalue weighted by Crippen LogP contribution is -2.12. The molecule has 13 nitrogen and oxygen atoms in total. The summed E-state index contributed by atoms with van der Waals surface area (Å²) in [4.78, 5) is 23.7. The molecule has 0 bridgehead atoms. The van der Waals surface area contributed by atoms with E-state index < -0.39 is 21.2 Å². The molecule has 13 heteroatoms. The van der Waals surface area contributed by atoms with Crippen LogP contribution in [0.5, 0.6) is 11.5 Å². The van der Waals surface area contributed by atoms with Crippen LogP contribution in [0.1, 0.15) is 84.6 Å². The van der Waals surface area contributed by atoms with Crippen LogP contribution in [0.3, 0.4) is 0 Å². The van der Waals surface area contributed by atoms with E-state index in [-0.39, 0.29) is 11.4 Å². The minimum absolute atomic E-state index is 0.130. The molecule has 0 fully saturated rings. The van der Waals surface area contributed by atoms with Gasteiger partial charge in [-0.05, 0) is 61.4 Å². The molecule has 2 atom stereocenters. The number of hydrogen-bond donors (Lipinski definition) is 0. The second kappa shape index (κ2) is 19.9. The number of nitro groups is 2. The largest absolute Gasteiger partial charge is 0.491 e. The lowest BCUT2D eigenvalue weighted by molar-refractivity contribution is -0.393. The first kappa shape index (κ1) is 39.5. The second-order valence-electron chi connectivity index (χ2n) is 12.7. The zero-order chi connectivity index (χ0) is 36.6. The third-order valence-electron chi connectivity index (χ3n) is 8.67. The summed E-state index contributed by atoms with van der Waals surface area (Å²) in [5.41, 5.74) is 2.37. The molecule has 0 radical (unpaired) electrons. The summed E-state index contributed by atoms with van der Waals surface area (Å²) in [5.74, 6) is 1.42. The van der Waals surface area contributed by atoms with E-state index in [1.807, 2.05) is 44.1 Å². The number of unbranched alkanes of at least 4 members (excludes halogenated alkanes) is 2. The van der Waals surface area contributed by atoms with E-state index in [1.165, 1.54) is 6.07 Å². The van der Waals surface area contributed by atoms with Gasteiger partial charge in [0.2, 0.25) is 0 Å². The summed E-state index contributed by atoms with van der Waals surface area (Å²) in [5, 5.41) is 40.9. The number of anilines is 1. The van der Waals surface area contributed by atoms with Crippen LogP contribution in [0.4, 0.5) is 39.8 Å². The summed E-state index contributed by atoms with van der Waals surface area (Å²) in [6.07, 6.45) is 8.23. The van der Waals surface area contributed by atoms with E-state index in [9.17, 15) is 20.2 Å². The number of ether oxygens (including phenoxy) is 2. The summed E-state index contributed by atoms with van der Waals surface area (Å²) in [6.45, 7) is 11.4. The molecule has 270 valence electrons. The first-order valence-corrected chi connectivity index (χ1v) is 17.5. The Morgan fingerprint density at radius 2 is 1.18 bits per heavy atom. The Labute approximate surface area is 295 Å². The highest BCUT2D eigenvalue weighted by Crippen LogP contribution is 2.43. The van der Waals surface area contributed by atoms with Gasteiger partial charge < -0.3 is 14.4 Å². The van der Waals surface area contributed by atoms with Crippen LogP contribution in [0.2, 0.25) is 0 Å². The highest BCUT2D eigenvalue weighted by atomic mass is 16.6. The second-order valence-corrected chi connectivity index (χ2v) is 12.7. The molecule has 3 aromatic carbocycles. The fraction of sp³-hybridized carbons (Fsp3) is 0.514. The predicted octanol–water partition coefficient (Wildman–Crippen LogP) is 11.9. The van der Waals surface area contributed by atoms with Crippen molar-refractivity contribution in [1.82, 2.24) is 0 Å². The highest BCUT2D eigenvalue weighted by molar-refractivity contribution is 5.68. The molecule has 0 amide bonds. The van der Waals surface area contributed by atoms with Crippen molar-refractivity contribution in [3.05, 3.63) is 74.3 Å². The molecule has 0 spiro atoms. The van der Waals surface area contributed by atoms with Gasteiger partial charge in [0, 0.05) is 38.0 Å². The molecule has 0 aliphatic carbocycles. The van der Waals surface area contributed by atoms with Gasteiger partial charge in [0.15, 0.2) is 5.69 Å². The minimum atomic E-state index is -0.718. The Balaban J connectivity index is 2.15. The maximum absolute atomic E-state index is 11.8. The van der Waals surface area contributed by atoms with Crippen LogP contribution in [-0.2, 0) is 0 Å². The van der Waals surface area contributed by atoms with Crippen molar-refractivity contribution in [3.8, 4) is 11.5 Å². The third-order valence-corrected chi connectivity index (χ3v) is 8.67. The third kappa shape index (κ3) is 11.6. The highest BCUT2D eigenvalue weighted by Gasteiger charge is 2.21. The number of benzene rings is 3. The molecule has 0 aliphatic rings. The number of hydrogen-bond acceptors (Lipinski definition) is 11. The van der Waals surface area contributed by atoms with Crippen LogP contribution in [0.15, 0.2) is 69.0 Å². The maximum atomic E-state index is 11.8. The van der Waals surface area contributed by atoms with Crippen molar-refractivity contribution in [1.29, 1.82) is 0 Å². The normalized spacial score (nSPS) is 12.7. The topological polar surface area (TPSA) is 157 Å². The molecule has 50 heavy (non-hydrogen) atoms. The molecule has 0 saturated heterocycles. The molecular weight excluding hydrogens is 638 g/mol. The van der Waals surface area contributed by atoms with Crippen LogP contribution < -0.4 is 14.4 Å². The fourth-order valence-electron chi connectivity index (χ4n) is 5.24. The van der Waals surface area contributed by atoms with Gasteiger partial charge in [0.25, 0.3) is 5.69 Å². The van der Waals surface area contributed by atoms with E-state index >= 15 is 0 Å². The summed E-state index contributed by atoms with van der Waals surface area (Å²) >= 11 is 0. The summed E-state index contributed by atoms with van der Waals surface area (Å²) < 4.78 is 12.8. The SMILES string of the molecule is CCCCC(CC)COc1cc(N=Nc2ccc([N+](=O)[O-])cc2[N+](=O)[O-])c(OCC(CC)CCCC)cc1N=Nc1ccc(N(C)C)cc1C. The van der Waals surface area contributed by atoms with E-state index in [4.69, 9.17) is 9.47 Å². The van der Waals surface area contributed by atoms with Crippen molar-refractivity contribution < 1.29 is 19.3 Å². The van der Waals surface area contributed by atoms with E-state index in [0.29, 0.717) is 47.9 Å². The average Bonchev–Trinajstić information content (AvgIpc) is 3.10. The van der Waals surface area contributed by atoms with E-state index in [2.05, 4.69) is 48.2 Å². The molecule has 0 saturated carbocycles. The van der Waals surface area contributed by atoms with Gasteiger partial charge in [-0.15, -0.1) is 15.3 Å². The quantitative estimate of drug-likeness (QED) is 0.0611. The van der Waals surface area contributed by atoms with Gasteiger partial charge in [0.1, 0.15) is 22.9 Å². The lowest BCUT2D eigenvalue weighted by Gasteiger charge is -2.19. The van der Waals surface area contributed by atoms with Gasteiger partial charge in [-0.2, -0.15) is 5.11 Å². The minimum Gasteiger partial charge on any atom is -0.491 e. The van der Waals surface area contributed by atoms with Crippen molar-refractivity contribution in [3.63, 3.8) is 0 Å². The van der Waals surface area contributed by atoms with Crippen LogP contribution in [0.25, 0.3) is 0 Å². The molecular formula is C37H51N7O6. The number of nitrogens with zero attached hydrogens (tertiary/aromatic N) is 7.